The summed E-state index contributed by atoms with van der Waals surface area (Å²) in [6.45, 7) is 5.41. The minimum atomic E-state index is -0.239. The van der Waals surface area contributed by atoms with Crippen LogP contribution in [0.15, 0.2) is 42.5 Å². The molecule has 6 nitrogen and oxygen atoms in total. The van der Waals surface area contributed by atoms with Gasteiger partial charge in [0.15, 0.2) is 11.5 Å². The van der Waals surface area contributed by atoms with Crippen LogP contribution in [0.1, 0.15) is 12.5 Å². The van der Waals surface area contributed by atoms with Crippen LogP contribution in [0.5, 0.6) is 11.5 Å². The summed E-state index contributed by atoms with van der Waals surface area (Å²) in [5, 5.41) is 2.99. The third-order valence-electron chi connectivity index (χ3n) is 5.34. The van der Waals surface area contributed by atoms with Crippen molar-refractivity contribution >= 4 is 11.6 Å². The Morgan fingerprint density at radius 1 is 1.11 bits per heavy atom. The molecule has 7 heteroatoms. The number of anilines is 1. The van der Waals surface area contributed by atoms with E-state index in [0.717, 1.165) is 11.3 Å². The second-order valence-electron chi connectivity index (χ2n) is 7.06. The van der Waals surface area contributed by atoms with Gasteiger partial charge < -0.3 is 19.7 Å². The Labute approximate surface area is 163 Å². The lowest BCUT2D eigenvalue weighted by Crippen LogP contribution is -2.54. The maximum atomic E-state index is 14.0. The molecule has 0 bridgehead atoms. The number of hydrogen-bond donors (Lipinski definition) is 1. The van der Waals surface area contributed by atoms with Gasteiger partial charge in [0.25, 0.3) is 0 Å². The molecule has 148 valence electrons. The first-order valence-corrected chi connectivity index (χ1v) is 9.51. The fourth-order valence-corrected chi connectivity index (χ4v) is 3.61. The third kappa shape index (κ3) is 3.89. The fraction of sp³-hybridized carbons (Fsp3) is 0.381. The zero-order chi connectivity index (χ0) is 19.5. The van der Waals surface area contributed by atoms with Gasteiger partial charge in [-0.3, -0.25) is 9.69 Å². The SMILES string of the molecule is C[C@@H](C(=O)NCc1ccc2c(c1)OCO2)N1CCN(c2ccccc2F)CC1. The van der Waals surface area contributed by atoms with Gasteiger partial charge in [-0.2, -0.15) is 0 Å². The van der Waals surface area contributed by atoms with Crippen molar-refractivity contribution in [2.75, 3.05) is 37.9 Å². The number of para-hydroxylation sites is 1. The molecule has 0 radical (unpaired) electrons. The topological polar surface area (TPSA) is 54.0 Å². The first-order valence-electron chi connectivity index (χ1n) is 9.51. The van der Waals surface area contributed by atoms with Gasteiger partial charge >= 0.3 is 0 Å². The monoisotopic (exact) mass is 385 g/mol. The van der Waals surface area contributed by atoms with Crippen molar-refractivity contribution in [2.45, 2.75) is 19.5 Å². The van der Waals surface area contributed by atoms with Crippen molar-refractivity contribution in [2.24, 2.45) is 0 Å². The fourth-order valence-electron chi connectivity index (χ4n) is 3.61. The zero-order valence-corrected chi connectivity index (χ0v) is 15.9. The van der Waals surface area contributed by atoms with E-state index in [1.165, 1.54) is 6.07 Å². The predicted octanol–water partition coefficient (Wildman–Crippen LogP) is 2.38. The Hall–Kier alpha value is -2.80. The minimum Gasteiger partial charge on any atom is -0.454 e. The van der Waals surface area contributed by atoms with Crippen molar-refractivity contribution in [3.63, 3.8) is 0 Å². The average Bonchev–Trinajstić information content (AvgIpc) is 3.20. The zero-order valence-electron chi connectivity index (χ0n) is 15.9. The minimum absolute atomic E-state index is 0.0167. The maximum Gasteiger partial charge on any atom is 0.237 e. The largest absolute Gasteiger partial charge is 0.454 e. The third-order valence-corrected chi connectivity index (χ3v) is 5.34. The second-order valence-corrected chi connectivity index (χ2v) is 7.06. The normalized spacial score (nSPS) is 17.4. The van der Waals surface area contributed by atoms with Crippen LogP contribution in [0.4, 0.5) is 10.1 Å². The number of fused-ring (bicyclic) bond motifs is 1. The van der Waals surface area contributed by atoms with Gasteiger partial charge in [-0.05, 0) is 36.8 Å². The van der Waals surface area contributed by atoms with Crippen molar-refractivity contribution < 1.29 is 18.7 Å². The van der Waals surface area contributed by atoms with Crippen LogP contribution in [0, 0.1) is 5.82 Å². The number of ether oxygens (including phenoxy) is 2. The standard InChI is InChI=1S/C21H24FN3O3/c1-15(21(26)23-13-16-6-7-19-20(12-16)28-14-27-19)24-8-10-25(11-9-24)18-5-3-2-4-17(18)22/h2-7,12,15H,8-11,13-14H2,1H3,(H,23,26)/t15-/m0/s1. The van der Waals surface area contributed by atoms with Gasteiger partial charge in [-0.1, -0.05) is 18.2 Å². The van der Waals surface area contributed by atoms with Gasteiger partial charge in [0, 0.05) is 32.7 Å². The lowest BCUT2D eigenvalue weighted by Gasteiger charge is -2.38. The Morgan fingerprint density at radius 2 is 1.86 bits per heavy atom. The molecule has 0 unspecified atom stereocenters. The highest BCUT2D eigenvalue weighted by Gasteiger charge is 2.26. The second kappa shape index (κ2) is 8.06. The Balaban J connectivity index is 1.28. The summed E-state index contributed by atoms with van der Waals surface area (Å²) < 4.78 is 24.6. The summed E-state index contributed by atoms with van der Waals surface area (Å²) in [7, 11) is 0. The molecule has 0 spiro atoms. The molecule has 1 fully saturated rings. The molecule has 0 aliphatic carbocycles. The number of carbonyl (C=O) groups excluding carboxylic acids is 1. The summed E-state index contributed by atoms with van der Waals surface area (Å²) in [6.07, 6.45) is 0. The van der Waals surface area contributed by atoms with E-state index >= 15 is 0 Å². The maximum absolute atomic E-state index is 14.0. The number of nitrogens with one attached hydrogen (secondary N) is 1. The van der Waals surface area contributed by atoms with Crippen molar-refractivity contribution in [3.05, 3.63) is 53.8 Å². The van der Waals surface area contributed by atoms with Gasteiger partial charge in [0.2, 0.25) is 12.7 Å². The van der Waals surface area contributed by atoms with Crippen LogP contribution in [-0.2, 0) is 11.3 Å². The number of rotatable bonds is 5. The number of hydrogen-bond acceptors (Lipinski definition) is 5. The molecule has 2 aliphatic heterocycles. The Morgan fingerprint density at radius 3 is 2.64 bits per heavy atom. The molecule has 1 amide bonds. The molecule has 1 atom stereocenters. The molecule has 28 heavy (non-hydrogen) atoms. The van der Waals surface area contributed by atoms with Gasteiger partial charge in [-0.15, -0.1) is 0 Å². The van der Waals surface area contributed by atoms with Gasteiger partial charge in [0.1, 0.15) is 5.82 Å². The molecule has 2 aromatic rings. The summed E-state index contributed by atoms with van der Waals surface area (Å²) in [5.74, 6) is 1.22. The van der Waals surface area contributed by atoms with E-state index < -0.39 is 0 Å². The number of piperazine rings is 1. The summed E-state index contributed by atoms with van der Waals surface area (Å²) in [4.78, 5) is 16.7. The van der Waals surface area contributed by atoms with E-state index in [-0.39, 0.29) is 24.6 Å². The van der Waals surface area contributed by atoms with E-state index in [4.69, 9.17) is 9.47 Å². The van der Waals surface area contributed by atoms with Crippen molar-refractivity contribution in [1.29, 1.82) is 0 Å². The Kier molecular flexibility index (Phi) is 5.34. The molecular weight excluding hydrogens is 361 g/mol. The number of nitrogens with zero attached hydrogens (tertiary/aromatic N) is 2. The molecule has 2 heterocycles. The van der Waals surface area contributed by atoms with Crippen LogP contribution < -0.4 is 19.7 Å². The first kappa shape index (κ1) is 18.6. The van der Waals surface area contributed by atoms with Crippen LogP contribution in [0.3, 0.4) is 0 Å². The lowest BCUT2D eigenvalue weighted by atomic mass is 10.1. The quantitative estimate of drug-likeness (QED) is 0.857. The van der Waals surface area contributed by atoms with Gasteiger partial charge in [0.05, 0.1) is 11.7 Å². The molecule has 2 aliphatic rings. The van der Waals surface area contributed by atoms with E-state index in [0.29, 0.717) is 44.2 Å². The van der Waals surface area contributed by atoms with Crippen molar-refractivity contribution in [3.8, 4) is 11.5 Å². The first-order chi connectivity index (χ1) is 13.6. The molecule has 2 aromatic carbocycles. The van der Waals surface area contributed by atoms with Gasteiger partial charge in [-0.25, -0.2) is 4.39 Å². The highest BCUT2D eigenvalue weighted by Crippen LogP contribution is 2.32. The summed E-state index contributed by atoms with van der Waals surface area (Å²) in [5.41, 5.74) is 1.59. The number of halogens is 1. The van der Waals surface area contributed by atoms with E-state index in [9.17, 15) is 9.18 Å². The highest BCUT2D eigenvalue weighted by atomic mass is 19.1. The highest BCUT2D eigenvalue weighted by molar-refractivity contribution is 5.81. The molecular formula is C21H24FN3O3. The predicted molar refractivity (Wildman–Crippen MR) is 104 cm³/mol. The molecule has 4 rings (SSSR count). The lowest BCUT2D eigenvalue weighted by molar-refractivity contribution is -0.126. The average molecular weight is 385 g/mol. The van der Waals surface area contributed by atoms with Crippen LogP contribution in [-0.4, -0.2) is 49.8 Å². The molecule has 1 saturated heterocycles. The molecule has 1 N–H and O–H groups in total. The molecule has 0 saturated carbocycles. The van der Waals surface area contributed by atoms with Crippen LogP contribution in [0.25, 0.3) is 0 Å². The Bertz CT molecular complexity index is 853. The number of benzene rings is 2. The summed E-state index contributed by atoms with van der Waals surface area (Å²) >= 11 is 0. The van der Waals surface area contributed by atoms with Crippen molar-refractivity contribution in [1.82, 2.24) is 10.2 Å². The summed E-state index contributed by atoms with van der Waals surface area (Å²) in [6, 6.07) is 12.2. The van der Waals surface area contributed by atoms with E-state index in [1.807, 2.05) is 36.1 Å². The van der Waals surface area contributed by atoms with Crippen LogP contribution in [0.2, 0.25) is 0 Å². The molecule has 0 aromatic heterocycles. The van der Waals surface area contributed by atoms with E-state index in [2.05, 4.69) is 10.2 Å². The van der Waals surface area contributed by atoms with E-state index in [1.54, 1.807) is 12.1 Å². The van der Waals surface area contributed by atoms with Crippen LogP contribution >= 0.6 is 0 Å². The number of amides is 1. The number of carbonyl (C=O) groups is 1. The smallest absolute Gasteiger partial charge is 0.237 e.